The minimum atomic E-state index is -0.627. The van der Waals surface area contributed by atoms with E-state index >= 15 is 0 Å². The van der Waals surface area contributed by atoms with Crippen LogP contribution in [0, 0.1) is 13.8 Å². The van der Waals surface area contributed by atoms with Crippen LogP contribution in [0.5, 0.6) is 0 Å². The molecule has 6 nitrogen and oxygen atoms in total. The van der Waals surface area contributed by atoms with Crippen molar-refractivity contribution in [1.82, 2.24) is 0 Å². The second-order valence-corrected chi connectivity index (χ2v) is 6.83. The third-order valence-corrected chi connectivity index (χ3v) is 4.80. The van der Waals surface area contributed by atoms with E-state index in [1.807, 2.05) is 37.3 Å². The Hall–Kier alpha value is -2.93. The second kappa shape index (κ2) is 9.68. The van der Waals surface area contributed by atoms with Crippen LogP contribution < -0.4 is 5.32 Å². The zero-order valence-electron chi connectivity index (χ0n) is 15.4. The molecule has 2 aromatic rings. The van der Waals surface area contributed by atoms with Gasteiger partial charge in [0.15, 0.2) is 6.61 Å². The van der Waals surface area contributed by atoms with Crippen molar-refractivity contribution in [2.45, 2.75) is 20.8 Å². The zero-order valence-corrected chi connectivity index (χ0v) is 16.2. The van der Waals surface area contributed by atoms with Gasteiger partial charge in [-0.3, -0.25) is 4.79 Å². The summed E-state index contributed by atoms with van der Waals surface area (Å²) in [6.45, 7) is 5.16. The van der Waals surface area contributed by atoms with E-state index in [1.54, 1.807) is 19.9 Å². The lowest BCUT2D eigenvalue weighted by Crippen LogP contribution is -2.21. The van der Waals surface area contributed by atoms with Crippen LogP contribution in [0.1, 0.15) is 33.3 Å². The first-order valence-electron chi connectivity index (χ1n) is 8.39. The van der Waals surface area contributed by atoms with E-state index in [0.717, 1.165) is 16.0 Å². The molecule has 0 atom stereocenters. The second-order valence-electron chi connectivity index (χ2n) is 5.61. The third kappa shape index (κ3) is 5.79. The Morgan fingerprint density at radius 1 is 1.11 bits per heavy atom. The Labute approximate surface area is 161 Å². The van der Waals surface area contributed by atoms with Crippen molar-refractivity contribution in [2.24, 2.45) is 0 Å². The van der Waals surface area contributed by atoms with Crippen molar-refractivity contribution in [3.05, 3.63) is 58.0 Å². The number of aryl methyl sites for hydroxylation is 1. The summed E-state index contributed by atoms with van der Waals surface area (Å²) >= 11 is 1.28. The molecule has 2 rings (SSSR count). The summed E-state index contributed by atoms with van der Waals surface area (Å²) in [7, 11) is 0. The van der Waals surface area contributed by atoms with E-state index in [2.05, 4.69) is 5.32 Å². The van der Waals surface area contributed by atoms with Crippen LogP contribution in [-0.2, 0) is 19.1 Å². The molecule has 142 valence electrons. The van der Waals surface area contributed by atoms with E-state index in [9.17, 15) is 14.4 Å². The molecule has 1 aromatic carbocycles. The van der Waals surface area contributed by atoms with Gasteiger partial charge in [-0.1, -0.05) is 30.3 Å². The van der Waals surface area contributed by atoms with Gasteiger partial charge < -0.3 is 14.8 Å². The summed E-state index contributed by atoms with van der Waals surface area (Å²) < 4.78 is 9.97. The lowest BCUT2D eigenvalue weighted by atomic mass is 10.1. The minimum absolute atomic E-state index is 0.242. The van der Waals surface area contributed by atoms with E-state index in [-0.39, 0.29) is 6.61 Å². The van der Waals surface area contributed by atoms with Gasteiger partial charge in [0.2, 0.25) is 0 Å². The number of rotatable bonds is 7. The fourth-order valence-electron chi connectivity index (χ4n) is 2.24. The number of esters is 2. The number of carbonyl (C=O) groups is 3. The van der Waals surface area contributed by atoms with Crippen LogP contribution in [0.4, 0.5) is 5.00 Å². The van der Waals surface area contributed by atoms with Gasteiger partial charge in [-0.2, -0.15) is 0 Å². The largest absolute Gasteiger partial charge is 0.462 e. The molecule has 0 aliphatic heterocycles. The van der Waals surface area contributed by atoms with Gasteiger partial charge >= 0.3 is 11.9 Å². The number of hydrogen-bond donors (Lipinski definition) is 1. The number of carbonyl (C=O) groups excluding carboxylic acids is 3. The standard InChI is InChI=1S/C20H21NO5S/c1-4-25-20(24)18-13(2)14(3)27-19(18)21-16(22)12-26-17(23)11-10-15-8-6-5-7-9-15/h5-11H,4,12H2,1-3H3,(H,21,22)/b11-10+. The van der Waals surface area contributed by atoms with Gasteiger partial charge in [0.1, 0.15) is 5.00 Å². The van der Waals surface area contributed by atoms with E-state index in [1.165, 1.54) is 17.4 Å². The maximum atomic E-state index is 12.1. The molecule has 0 bridgehead atoms. The molecule has 0 aliphatic carbocycles. The van der Waals surface area contributed by atoms with E-state index < -0.39 is 24.5 Å². The van der Waals surface area contributed by atoms with Crippen LogP contribution in [0.25, 0.3) is 6.08 Å². The molecule has 0 fully saturated rings. The Bertz CT molecular complexity index is 855. The van der Waals surface area contributed by atoms with Crippen molar-refractivity contribution in [2.75, 3.05) is 18.5 Å². The van der Waals surface area contributed by atoms with Gasteiger partial charge in [0.05, 0.1) is 12.2 Å². The van der Waals surface area contributed by atoms with Crippen molar-refractivity contribution in [1.29, 1.82) is 0 Å². The summed E-state index contributed by atoms with van der Waals surface area (Å²) in [5.74, 6) is -1.64. The number of anilines is 1. The Morgan fingerprint density at radius 3 is 2.48 bits per heavy atom. The number of nitrogens with one attached hydrogen (secondary N) is 1. The summed E-state index contributed by atoms with van der Waals surface area (Å²) in [5, 5.41) is 3.01. The minimum Gasteiger partial charge on any atom is -0.462 e. The van der Waals surface area contributed by atoms with Crippen LogP contribution in [-0.4, -0.2) is 31.1 Å². The fraction of sp³-hybridized carbons (Fsp3) is 0.250. The predicted octanol–water partition coefficient (Wildman–Crippen LogP) is 3.74. The average molecular weight is 387 g/mol. The molecule has 0 unspecified atom stereocenters. The van der Waals surface area contributed by atoms with Crippen molar-refractivity contribution in [3.63, 3.8) is 0 Å². The van der Waals surface area contributed by atoms with E-state index in [4.69, 9.17) is 9.47 Å². The van der Waals surface area contributed by atoms with Crippen molar-refractivity contribution < 1.29 is 23.9 Å². The number of amides is 1. The fourth-order valence-corrected chi connectivity index (χ4v) is 3.30. The van der Waals surface area contributed by atoms with Crippen LogP contribution >= 0.6 is 11.3 Å². The molecular formula is C20H21NO5S. The maximum absolute atomic E-state index is 12.1. The van der Waals surface area contributed by atoms with Crippen LogP contribution in [0.2, 0.25) is 0 Å². The summed E-state index contributed by atoms with van der Waals surface area (Å²) in [6.07, 6.45) is 2.86. The van der Waals surface area contributed by atoms with E-state index in [0.29, 0.717) is 10.6 Å². The molecule has 7 heteroatoms. The van der Waals surface area contributed by atoms with Crippen molar-refractivity contribution in [3.8, 4) is 0 Å². The maximum Gasteiger partial charge on any atom is 0.341 e. The Kier molecular flexibility index (Phi) is 7.31. The lowest BCUT2D eigenvalue weighted by Gasteiger charge is -2.07. The Balaban J connectivity index is 1.94. The molecule has 0 saturated heterocycles. The van der Waals surface area contributed by atoms with Gasteiger partial charge in [-0.05, 0) is 38.0 Å². The molecule has 1 amide bonds. The number of ether oxygens (including phenoxy) is 2. The molecule has 0 radical (unpaired) electrons. The average Bonchev–Trinajstić information content (AvgIpc) is 2.93. The quantitative estimate of drug-likeness (QED) is 0.578. The molecule has 0 aliphatic rings. The Morgan fingerprint density at radius 2 is 1.81 bits per heavy atom. The first kappa shape index (κ1) is 20.4. The van der Waals surface area contributed by atoms with Gasteiger partial charge in [0, 0.05) is 11.0 Å². The third-order valence-electron chi connectivity index (χ3n) is 3.67. The predicted molar refractivity (Wildman–Crippen MR) is 105 cm³/mol. The zero-order chi connectivity index (χ0) is 19.8. The van der Waals surface area contributed by atoms with Gasteiger partial charge in [0.25, 0.3) is 5.91 Å². The topological polar surface area (TPSA) is 81.7 Å². The number of thiophene rings is 1. The van der Waals surface area contributed by atoms with Gasteiger partial charge in [-0.25, -0.2) is 9.59 Å². The summed E-state index contributed by atoms with van der Waals surface area (Å²) in [5.41, 5.74) is 1.95. The first-order chi connectivity index (χ1) is 12.9. The highest BCUT2D eigenvalue weighted by Crippen LogP contribution is 2.32. The highest BCUT2D eigenvalue weighted by molar-refractivity contribution is 7.16. The first-order valence-corrected chi connectivity index (χ1v) is 9.20. The summed E-state index contributed by atoms with van der Waals surface area (Å²) in [4.78, 5) is 36.8. The SMILES string of the molecule is CCOC(=O)c1c(NC(=O)COC(=O)/C=C/c2ccccc2)sc(C)c1C. The highest BCUT2D eigenvalue weighted by Gasteiger charge is 2.22. The number of benzene rings is 1. The van der Waals surface area contributed by atoms with Crippen molar-refractivity contribution >= 4 is 40.3 Å². The molecule has 27 heavy (non-hydrogen) atoms. The molecule has 0 spiro atoms. The lowest BCUT2D eigenvalue weighted by molar-refractivity contribution is -0.142. The van der Waals surface area contributed by atoms with Crippen LogP contribution in [0.15, 0.2) is 36.4 Å². The monoisotopic (exact) mass is 387 g/mol. The van der Waals surface area contributed by atoms with Crippen LogP contribution in [0.3, 0.4) is 0 Å². The highest BCUT2D eigenvalue weighted by atomic mass is 32.1. The van der Waals surface area contributed by atoms with Gasteiger partial charge in [-0.15, -0.1) is 11.3 Å². The molecule has 1 N–H and O–H groups in total. The molecule has 1 heterocycles. The normalized spacial score (nSPS) is 10.6. The molecule has 1 aromatic heterocycles. The molecular weight excluding hydrogens is 366 g/mol. The number of hydrogen-bond acceptors (Lipinski definition) is 6. The smallest absolute Gasteiger partial charge is 0.341 e. The molecule has 0 saturated carbocycles. The summed E-state index contributed by atoms with van der Waals surface area (Å²) in [6, 6.07) is 9.26.